The lowest BCUT2D eigenvalue weighted by Crippen LogP contribution is -2.45. The molecule has 0 bridgehead atoms. The molecule has 0 atom stereocenters. The lowest BCUT2D eigenvalue weighted by atomic mass is 10.2. The summed E-state index contributed by atoms with van der Waals surface area (Å²) in [5.41, 5.74) is 0.574. The van der Waals surface area contributed by atoms with E-state index in [9.17, 15) is 4.79 Å². The number of aromatic nitrogens is 4. The van der Waals surface area contributed by atoms with Gasteiger partial charge in [-0.2, -0.15) is 15.0 Å². The molecule has 3 aromatic rings. The van der Waals surface area contributed by atoms with Crippen molar-refractivity contribution >= 4 is 29.4 Å². The van der Waals surface area contributed by atoms with E-state index < -0.39 is 0 Å². The van der Waals surface area contributed by atoms with Crippen LogP contribution < -0.4 is 15.5 Å². The Labute approximate surface area is 181 Å². The fourth-order valence-corrected chi connectivity index (χ4v) is 3.24. The fraction of sp³-hybridized carbons (Fsp3) is 0.318. The molecule has 0 saturated carbocycles. The predicted octanol–water partition coefficient (Wildman–Crippen LogP) is 2.58. The van der Waals surface area contributed by atoms with Gasteiger partial charge in [0.25, 0.3) is 5.91 Å². The number of nitrogens with zero attached hydrogens (tertiary/aromatic N) is 6. The second-order valence-corrected chi connectivity index (χ2v) is 7.37. The molecule has 4 rings (SSSR count). The van der Waals surface area contributed by atoms with Crippen LogP contribution in [0.2, 0.25) is 0 Å². The third-order valence-corrected chi connectivity index (χ3v) is 5.04. The minimum absolute atomic E-state index is 0.212. The average Bonchev–Trinajstić information content (AvgIpc) is 2.80. The molecule has 1 fully saturated rings. The Kier molecular flexibility index (Phi) is 6.32. The van der Waals surface area contributed by atoms with Crippen LogP contribution in [0.4, 0.5) is 23.5 Å². The molecule has 0 aliphatic carbocycles. The molecule has 3 heterocycles. The first-order valence-corrected chi connectivity index (χ1v) is 10.4. The quantitative estimate of drug-likeness (QED) is 0.630. The van der Waals surface area contributed by atoms with Gasteiger partial charge in [-0.1, -0.05) is 31.2 Å². The van der Waals surface area contributed by atoms with Gasteiger partial charge in [0.15, 0.2) is 0 Å². The van der Waals surface area contributed by atoms with Crippen molar-refractivity contribution in [1.82, 2.24) is 24.8 Å². The number of hydrogen-bond acceptors (Lipinski definition) is 8. The molecule has 2 N–H and O–H groups in total. The van der Waals surface area contributed by atoms with E-state index in [0.29, 0.717) is 35.5 Å². The maximum atomic E-state index is 12.4. The number of amides is 1. The highest BCUT2D eigenvalue weighted by atomic mass is 16.1. The smallest absolute Gasteiger partial charge is 0.256 e. The molecule has 0 radical (unpaired) electrons. The van der Waals surface area contributed by atoms with E-state index in [1.165, 1.54) is 0 Å². The summed E-state index contributed by atoms with van der Waals surface area (Å²) in [5.74, 6) is 2.62. The monoisotopic (exact) mass is 418 g/mol. The number of carbonyl (C=O) groups excluding carboxylic acids is 1. The van der Waals surface area contributed by atoms with Crippen molar-refractivity contribution in [2.24, 2.45) is 0 Å². The molecule has 1 aromatic carbocycles. The van der Waals surface area contributed by atoms with E-state index in [2.05, 4.69) is 47.4 Å². The zero-order valence-corrected chi connectivity index (χ0v) is 17.7. The van der Waals surface area contributed by atoms with E-state index in [1.807, 2.05) is 37.3 Å². The zero-order valence-electron chi connectivity index (χ0n) is 17.7. The highest BCUT2D eigenvalue weighted by Gasteiger charge is 2.18. The van der Waals surface area contributed by atoms with Gasteiger partial charge in [-0.05, 0) is 31.3 Å². The molecule has 0 unspecified atom stereocenters. The lowest BCUT2D eigenvalue weighted by molar-refractivity contribution is 0.102. The van der Waals surface area contributed by atoms with E-state index in [-0.39, 0.29) is 5.91 Å². The van der Waals surface area contributed by atoms with Gasteiger partial charge in [0, 0.05) is 38.2 Å². The van der Waals surface area contributed by atoms with Gasteiger partial charge in [-0.3, -0.25) is 4.79 Å². The Balaban J connectivity index is 1.50. The van der Waals surface area contributed by atoms with Crippen molar-refractivity contribution in [3.05, 3.63) is 59.9 Å². The van der Waals surface area contributed by atoms with Crippen molar-refractivity contribution in [2.75, 3.05) is 48.8 Å². The number of aryl methyl sites for hydroxylation is 1. The van der Waals surface area contributed by atoms with Crippen LogP contribution in [0.25, 0.3) is 0 Å². The van der Waals surface area contributed by atoms with Crippen LogP contribution in [0.15, 0.2) is 48.5 Å². The second kappa shape index (κ2) is 9.48. The highest BCUT2D eigenvalue weighted by Crippen LogP contribution is 2.18. The Morgan fingerprint density at radius 2 is 1.65 bits per heavy atom. The number of benzene rings is 1. The van der Waals surface area contributed by atoms with E-state index in [4.69, 9.17) is 0 Å². The summed E-state index contributed by atoms with van der Waals surface area (Å²) >= 11 is 0. The molecule has 160 valence electrons. The third-order valence-electron chi connectivity index (χ3n) is 5.04. The Hall–Kier alpha value is -3.59. The number of carbonyl (C=O) groups is 1. The molecule has 1 aliphatic rings. The molecule has 2 aromatic heterocycles. The first-order chi connectivity index (χ1) is 15.1. The number of hydrogen-bond donors (Lipinski definition) is 2. The molecule has 9 nitrogen and oxygen atoms in total. The normalized spacial score (nSPS) is 14.3. The van der Waals surface area contributed by atoms with Crippen LogP contribution in [-0.2, 0) is 6.42 Å². The van der Waals surface area contributed by atoms with Gasteiger partial charge >= 0.3 is 0 Å². The van der Waals surface area contributed by atoms with E-state index in [1.54, 1.807) is 18.2 Å². The number of pyridine rings is 1. The van der Waals surface area contributed by atoms with Crippen molar-refractivity contribution in [1.29, 1.82) is 0 Å². The molecule has 1 amide bonds. The van der Waals surface area contributed by atoms with Crippen LogP contribution in [0, 0.1) is 0 Å². The Morgan fingerprint density at radius 3 is 2.39 bits per heavy atom. The first kappa shape index (κ1) is 20.7. The topological polar surface area (TPSA) is 99.2 Å². The summed E-state index contributed by atoms with van der Waals surface area (Å²) in [6.07, 6.45) is 0.707. The van der Waals surface area contributed by atoms with Gasteiger partial charge in [0.05, 0.1) is 0 Å². The minimum atomic E-state index is -0.212. The zero-order chi connectivity index (χ0) is 21.6. The van der Waals surface area contributed by atoms with Crippen LogP contribution in [0.1, 0.15) is 23.1 Å². The molecule has 1 saturated heterocycles. The lowest BCUT2D eigenvalue weighted by Gasteiger charge is -2.32. The predicted molar refractivity (Wildman–Crippen MR) is 121 cm³/mol. The molecular formula is C22H26N8O. The van der Waals surface area contributed by atoms with Crippen LogP contribution >= 0.6 is 0 Å². The maximum Gasteiger partial charge on any atom is 0.256 e. The largest absolute Gasteiger partial charge is 0.338 e. The molecule has 31 heavy (non-hydrogen) atoms. The standard InChI is InChI=1S/C22H26N8O/c1-3-17-25-21(28-22(27-17)30-14-12-29(2)13-15-30)26-19-11-7-10-18(23-19)24-20(31)16-8-5-4-6-9-16/h4-11H,3,12-15H2,1-2H3,(H2,23,24,25,26,27,28,31). The number of likely N-dealkylation sites (N-methyl/N-ethyl adjacent to an activating group) is 1. The van der Waals surface area contributed by atoms with Crippen molar-refractivity contribution < 1.29 is 4.79 Å². The second-order valence-electron chi connectivity index (χ2n) is 7.37. The summed E-state index contributed by atoms with van der Waals surface area (Å²) < 4.78 is 0. The Bertz CT molecular complexity index is 1030. The van der Waals surface area contributed by atoms with Crippen LogP contribution in [0.5, 0.6) is 0 Å². The van der Waals surface area contributed by atoms with Crippen LogP contribution in [0.3, 0.4) is 0 Å². The number of piperazine rings is 1. The van der Waals surface area contributed by atoms with E-state index >= 15 is 0 Å². The minimum Gasteiger partial charge on any atom is -0.338 e. The van der Waals surface area contributed by atoms with Gasteiger partial charge in [0.2, 0.25) is 11.9 Å². The van der Waals surface area contributed by atoms with E-state index in [0.717, 1.165) is 32.0 Å². The van der Waals surface area contributed by atoms with Crippen molar-refractivity contribution in [3.8, 4) is 0 Å². The maximum absolute atomic E-state index is 12.4. The SMILES string of the molecule is CCc1nc(Nc2cccc(NC(=O)c3ccccc3)n2)nc(N2CCN(C)CC2)n1. The summed E-state index contributed by atoms with van der Waals surface area (Å²) in [6.45, 7) is 5.72. The third kappa shape index (κ3) is 5.32. The summed E-state index contributed by atoms with van der Waals surface area (Å²) in [4.78, 5) is 35.0. The van der Waals surface area contributed by atoms with Gasteiger partial charge in [0.1, 0.15) is 17.5 Å². The van der Waals surface area contributed by atoms with Gasteiger partial charge < -0.3 is 20.4 Å². The fourth-order valence-electron chi connectivity index (χ4n) is 3.24. The number of rotatable bonds is 6. The number of anilines is 4. The molecular weight excluding hydrogens is 392 g/mol. The van der Waals surface area contributed by atoms with Crippen LogP contribution in [-0.4, -0.2) is 64.0 Å². The Morgan fingerprint density at radius 1 is 0.903 bits per heavy atom. The summed E-state index contributed by atoms with van der Waals surface area (Å²) in [7, 11) is 2.12. The summed E-state index contributed by atoms with van der Waals surface area (Å²) in [5, 5.41) is 5.98. The molecule has 9 heteroatoms. The average molecular weight is 419 g/mol. The van der Waals surface area contributed by atoms with Crippen molar-refractivity contribution in [2.45, 2.75) is 13.3 Å². The van der Waals surface area contributed by atoms with Gasteiger partial charge in [-0.15, -0.1) is 0 Å². The molecule has 1 aliphatic heterocycles. The van der Waals surface area contributed by atoms with Gasteiger partial charge in [-0.25, -0.2) is 4.98 Å². The first-order valence-electron chi connectivity index (χ1n) is 10.4. The summed E-state index contributed by atoms with van der Waals surface area (Å²) in [6, 6.07) is 14.4. The number of nitrogens with one attached hydrogen (secondary N) is 2. The molecule has 0 spiro atoms. The van der Waals surface area contributed by atoms with Crippen molar-refractivity contribution in [3.63, 3.8) is 0 Å². The highest BCUT2D eigenvalue weighted by molar-refractivity contribution is 6.03.